The lowest BCUT2D eigenvalue weighted by Crippen LogP contribution is -2.39. The molecule has 0 saturated heterocycles. The molecule has 2 aromatic rings. The first kappa shape index (κ1) is 18.4. The molecule has 8 nitrogen and oxygen atoms in total. The monoisotopic (exact) mass is 343 g/mol. The number of hydrogen-bond donors (Lipinski definition) is 3. The van der Waals surface area contributed by atoms with Crippen molar-refractivity contribution in [2.24, 2.45) is 4.99 Å². The van der Waals surface area contributed by atoms with Crippen molar-refractivity contribution in [3.05, 3.63) is 42.5 Å². The largest absolute Gasteiger partial charge is 0.357 e. The second kappa shape index (κ2) is 10.1. The van der Waals surface area contributed by atoms with Crippen molar-refractivity contribution in [3.8, 4) is 0 Å². The van der Waals surface area contributed by atoms with Crippen LogP contribution >= 0.6 is 0 Å². The van der Waals surface area contributed by atoms with Gasteiger partial charge in [-0.3, -0.25) is 4.79 Å². The highest BCUT2D eigenvalue weighted by Gasteiger charge is 2.04. The van der Waals surface area contributed by atoms with E-state index in [2.05, 4.69) is 31.1 Å². The summed E-state index contributed by atoms with van der Waals surface area (Å²) in [6.45, 7) is 6.20. The molecule has 1 heterocycles. The Morgan fingerprint density at radius 3 is 2.72 bits per heavy atom. The number of rotatable bonds is 8. The summed E-state index contributed by atoms with van der Waals surface area (Å²) in [7, 11) is 0. The van der Waals surface area contributed by atoms with Crippen LogP contribution in [0.4, 0.5) is 5.69 Å². The molecule has 0 aliphatic carbocycles. The lowest BCUT2D eigenvalue weighted by molar-refractivity contribution is -0.114. The first-order valence-corrected chi connectivity index (χ1v) is 8.46. The molecule has 0 radical (unpaired) electrons. The summed E-state index contributed by atoms with van der Waals surface area (Å²) in [4.78, 5) is 16.3. The number of aromatic nitrogens is 3. The van der Waals surface area contributed by atoms with E-state index in [0.29, 0.717) is 12.5 Å². The van der Waals surface area contributed by atoms with E-state index < -0.39 is 0 Å². The zero-order chi connectivity index (χ0) is 17.9. The Bertz CT molecular complexity index is 681. The number of aryl methyl sites for hydroxylation is 1. The number of hydrogen-bond acceptors (Lipinski definition) is 4. The normalized spacial score (nSPS) is 11.2. The van der Waals surface area contributed by atoms with Gasteiger partial charge in [0.15, 0.2) is 5.96 Å². The predicted molar refractivity (Wildman–Crippen MR) is 98.5 cm³/mol. The highest BCUT2D eigenvalue weighted by Crippen LogP contribution is 2.04. The first-order chi connectivity index (χ1) is 12.2. The molecule has 25 heavy (non-hydrogen) atoms. The van der Waals surface area contributed by atoms with Crippen molar-refractivity contribution < 1.29 is 4.79 Å². The third-order valence-corrected chi connectivity index (χ3v) is 3.44. The second-order valence-corrected chi connectivity index (χ2v) is 5.33. The fraction of sp³-hybridized carbons (Fsp3) is 0.412. The zero-order valence-electron chi connectivity index (χ0n) is 14.7. The molecule has 2 rings (SSSR count). The summed E-state index contributed by atoms with van der Waals surface area (Å²) in [5, 5.41) is 17.1. The molecule has 0 fully saturated rings. The van der Waals surface area contributed by atoms with Crippen LogP contribution < -0.4 is 16.0 Å². The average Bonchev–Trinajstić information content (AvgIpc) is 3.08. The van der Waals surface area contributed by atoms with Gasteiger partial charge in [0.2, 0.25) is 5.91 Å². The van der Waals surface area contributed by atoms with E-state index >= 15 is 0 Å². The van der Waals surface area contributed by atoms with Gasteiger partial charge in [0.25, 0.3) is 0 Å². The lowest BCUT2D eigenvalue weighted by atomic mass is 10.3. The minimum Gasteiger partial charge on any atom is -0.357 e. The van der Waals surface area contributed by atoms with Gasteiger partial charge in [-0.05, 0) is 19.1 Å². The maximum atomic E-state index is 12.0. The van der Waals surface area contributed by atoms with E-state index in [1.807, 2.05) is 48.7 Å². The van der Waals surface area contributed by atoms with Crippen molar-refractivity contribution >= 4 is 17.6 Å². The number of guanidine groups is 1. The number of carbonyl (C=O) groups is 1. The van der Waals surface area contributed by atoms with Gasteiger partial charge >= 0.3 is 0 Å². The molecule has 0 saturated carbocycles. The Kier molecular flexibility index (Phi) is 7.42. The van der Waals surface area contributed by atoms with Crippen LogP contribution in [0.25, 0.3) is 0 Å². The van der Waals surface area contributed by atoms with Gasteiger partial charge in [-0.15, -0.1) is 10.2 Å². The number of nitrogens with one attached hydrogen (secondary N) is 3. The Labute approximate surface area is 147 Å². The van der Waals surface area contributed by atoms with Crippen LogP contribution in [0.1, 0.15) is 19.7 Å². The van der Waals surface area contributed by atoms with Gasteiger partial charge in [0, 0.05) is 31.7 Å². The fourth-order valence-electron chi connectivity index (χ4n) is 2.25. The van der Waals surface area contributed by atoms with Gasteiger partial charge in [0.05, 0.1) is 0 Å². The number of amides is 1. The van der Waals surface area contributed by atoms with Crippen LogP contribution in [0.3, 0.4) is 0 Å². The molecule has 0 spiro atoms. The second-order valence-electron chi connectivity index (χ2n) is 5.33. The van der Waals surface area contributed by atoms with Crippen molar-refractivity contribution in [2.75, 3.05) is 25.0 Å². The molecule has 0 aliphatic rings. The molecular weight excluding hydrogens is 318 g/mol. The summed E-state index contributed by atoms with van der Waals surface area (Å²) in [5.41, 5.74) is 0.764. The van der Waals surface area contributed by atoms with Crippen LogP contribution in [-0.2, 0) is 17.8 Å². The van der Waals surface area contributed by atoms with Crippen molar-refractivity contribution in [2.45, 2.75) is 26.8 Å². The van der Waals surface area contributed by atoms with Crippen LogP contribution in [-0.4, -0.2) is 46.3 Å². The predicted octanol–water partition coefficient (Wildman–Crippen LogP) is 1.03. The SMILES string of the molecule is CCNC(=NCC(=O)Nc1ccccc1)NCCn1cnnc1CC. The van der Waals surface area contributed by atoms with Gasteiger partial charge in [-0.2, -0.15) is 0 Å². The number of carbonyl (C=O) groups excluding carboxylic acids is 1. The minimum absolute atomic E-state index is 0.0526. The van der Waals surface area contributed by atoms with E-state index in [0.717, 1.165) is 31.0 Å². The quantitative estimate of drug-likeness (QED) is 0.491. The number of benzene rings is 1. The van der Waals surface area contributed by atoms with E-state index in [1.165, 1.54) is 0 Å². The third-order valence-electron chi connectivity index (χ3n) is 3.44. The van der Waals surface area contributed by atoms with E-state index in [1.54, 1.807) is 6.33 Å². The topological polar surface area (TPSA) is 96.2 Å². The number of nitrogens with zero attached hydrogens (tertiary/aromatic N) is 4. The lowest BCUT2D eigenvalue weighted by Gasteiger charge is -2.12. The maximum absolute atomic E-state index is 12.0. The molecule has 8 heteroatoms. The summed E-state index contributed by atoms with van der Waals surface area (Å²) in [6, 6.07) is 9.34. The smallest absolute Gasteiger partial charge is 0.246 e. The standard InChI is InChI=1S/C17H25N7O/c1-3-15-23-21-13-24(15)11-10-19-17(18-4-2)20-12-16(25)22-14-8-6-5-7-9-14/h5-9,13H,3-4,10-12H2,1-2H3,(H,22,25)(H2,18,19,20). The molecular formula is C17H25N7O. The minimum atomic E-state index is -0.157. The highest BCUT2D eigenvalue weighted by molar-refractivity contribution is 5.94. The third kappa shape index (κ3) is 6.25. The Morgan fingerprint density at radius 2 is 2.00 bits per heavy atom. The summed E-state index contributed by atoms with van der Waals surface area (Å²) in [6.07, 6.45) is 2.56. The van der Waals surface area contributed by atoms with Crippen LogP contribution in [0, 0.1) is 0 Å². The van der Waals surface area contributed by atoms with Crippen LogP contribution in [0.2, 0.25) is 0 Å². The zero-order valence-corrected chi connectivity index (χ0v) is 14.7. The summed E-state index contributed by atoms with van der Waals surface area (Å²) >= 11 is 0. The van der Waals surface area contributed by atoms with E-state index in [9.17, 15) is 4.79 Å². The van der Waals surface area contributed by atoms with Crippen LogP contribution in [0.15, 0.2) is 41.7 Å². The molecule has 0 aliphatic heterocycles. The van der Waals surface area contributed by atoms with Crippen molar-refractivity contribution in [3.63, 3.8) is 0 Å². The number of para-hydroxylation sites is 1. The number of aliphatic imine (C=N–C) groups is 1. The van der Waals surface area contributed by atoms with Gasteiger partial charge in [-0.25, -0.2) is 4.99 Å². The molecule has 3 N–H and O–H groups in total. The molecule has 1 amide bonds. The van der Waals surface area contributed by atoms with Crippen molar-refractivity contribution in [1.29, 1.82) is 0 Å². The molecule has 0 unspecified atom stereocenters. The molecule has 134 valence electrons. The summed E-state index contributed by atoms with van der Waals surface area (Å²) < 4.78 is 2.00. The Balaban J connectivity index is 1.82. The fourth-order valence-corrected chi connectivity index (χ4v) is 2.25. The molecule has 1 aromatic heterocycles. The van der Waals surface area contributed by atoms with Crippen LogP contribution in [0.5, 0.6) is 0 Å². The number of anilines is 1. The maximum Gasteiger partial charge on any atom is 0.246 e. The van der Waals surface area contributed by atoms with Gasteiger partial charge in [0.1, 0.15) is 18.7 Å². The summed E-state index contributed by atoms with van der Waals surface area (Å²) in [5.74, 6) is 1.40. The molecule has 0 bridgehead atoms. The van der Waals surface area contributed by atoms with E-state index in [4.69, 9.17) is 0 Å². The molecule has 0 atom stereocenters. The van der Waals surface area contributed by atoms with E-state index in [-0.39, 0.29) is 12.5 Å². The first-order valence-electron chi connectivity index (χ1n) is 8.46. The van der Waals surface area contributed by atoms with Crippen molar-refractivity contribution in [1.82, 2.24) is 25.4 Å². The highest BCUT2D eigenvalue weighted by atomic mass is 16.1. The Morgan fingerprint density at radius 1 is 1.20 bits per heavy atom. The average molecular weight is 343 g/mol. The Hall–Kier alpha value is -2.90. The van der Waals surface area contributed by atoms with Gasteiger partial charge in [-0.1, -0.05) is 25.1 Å². The molecule has 1 aromatic carbocycles. The van der Waals surface area contributed by atoms with Gasteiger partial charge < -0.3 is 20.5 Å².